The fourth-order valence-electron chi connectivity index (χ4n) is 3.79. The summed E-state index contributed by atoms with van der Waals surface area (Å²) in [4.78, 5) is 1.29. The quantitative estimate of drug-likeness (QED) is 0.371. The van der Waals surface area contributed by atoms with Crippen molar-refractivity contribution in [2.24, 2.45) is 0 Å². The van der Waals surface area contributed by atoms with Crippen molar-refractivity contribution in [3.05, 3.63) is 76.2 Å². The minimum atomic E-state index is -0.155. The van der Waals surface area contributed by atoms with Gasteiger partial charge >= 0.3 is 0 Å². The molecule has 1 aromatic heterocycles. The van der Waals surface area contributed by atoms with Gasteiger partial charge < -0.3 is 5.32 Å². The van der Waals surface area contributed by atoms with E-state index in [0.717, 1.165) is 16.0 Å². The molecule has 1 aliphatic heterocycles. The Labute approximate surface area is 161 Å². The Morgan fingerprint density at radius 3 is 2.54 bits per heavy atom. The number of nitrogens with one attached hydrogen (secondary N) is 1. The zero-order valence-electron chi connectivity index (χ0n) is 14.6. The van der Waals surface area contributed by atoms with Crippen LogP contribution in [0.25, 0.3) is 27.6 Å². The topological polar surface area (TPSA) is 17.0 Å². The summed E-state index contributed by atoms with van der Waals surface area (Å²) in [6, 6.07) is 23.3. The number of hydrogen-bond donors (Lipinski definition) is 1. The fourth-order valence-corrected chi connectivity index (χ4v) is 5.47. The van der Waals surface area contributed by atoms with Gasteiger partial charge in [-0.05, 0) is 31.4 Å². The van der Waals surface area contributed by atoms with Gasteiger partial charge in [0.05, 0.1) is 16.1 Å². The minimum absolute atomic E-state index is 0.155. The average molecular weight is 375 g/mol. The minimum Gasteiger partial charge on any atom is -0.375 e. The molecule has 0 aliphatic carbocycles. The summed E-state index contributed by atoms with van der Waals surface area (Å²) in [5.41, 5.74) is 4.54. The molecule has 2 heterocycles. The summed E-state index contributed by atoms with van der Waals surface area (Å²) in [6.45, 7) is 4.45. The molecule has 3 aromatic carbocycles. The molecule has 0 saturated heterocycles. The first-order chi connectivity index (χ1) is 12.6. The van der Waals surface area contributed by atoms with E-state index in [2.05, 4.69) is 89.9 Å². The molecule has 0 spiro atoms. The fraction of sp³-hybridized carbons (Fsp3) is 0.136. The van der Waals surface area contributed by atoms with Crippen molar-refractivity contribution in [1.29, 1.82) is 0 Å². The van der Waals surface area contributed by atoms with Gasteiger partial charge in [-0.2, -0.15) is 0 Å². The van der Waals surface area contributed by atoms with Crippen molar-refractivity contribution in [1.82, 2.24) is 3.96 Å². The Morgan fingerprint density at radius 2 is 1.65 bits per heavy atom. The zero-order valence-corrected chi connectivity index (χ0v) is 16.2. The second kappa shape index (κ2) is 5.53. The van der Waals surface area contributed by atoms with Crippen molar-refractivity contribution in [2.75, 3.05) is 5.32 Å². The van der Waals surface area contributed by atoms with Crippen LogP contribution in [0.5, 0.6) is 0 Å². The molecular weight excluding hydrogens is 356 g/mol. The zero-order chi connectivity index (χ0) is 17.9. The van der Waals surface area contributed by atoms with Crippen molar-refractivity contribution < 1.29 is 0 Å². The Morgan fingerprint density at radius 1 is 0.923 bits per heavy atom. The van der Waals surface area contributed by atoms with Gasteiger partial charge in [0.25, 0.3) is 0 Å². The first-order valence-corrected chi connectivity index (χ1v) is 9.87. The third-order valence-corrected chi connectivity index (χ3v) is 6.97. The summed E-state index contributed by atoms with van der Waals surface area (Å²) < 4.78 is 3.11. The first kappa shape index (κ1) is 15.8. The highest BCUT2D eigenvalue weighted by Gasteiger charge is 2.34. The van der Waals surface area contributed by atoms with E-state index in [1.807, 2.05) is 0 Å². The van der Waals surface area contributed by atoms with Crippen LogP contribution in [-0.2, 0) is 5.54 Å². The van der Waals surface area contributed by atoms with Crippen LogP contribution in [0.1, 0.15) is 18.7 Å². The molecule has 1 N–H and O–H groups in total. The van der Waals surface area contributed by atoms with Crippen molar-refractivity contribution >= 4 is 40.2 Å². The molecule has 4 aromatic rings. The lowest BCUT2D eigenvalue weighted by Crippen LogP contribution is -2.30. The lowest BCUT2D eigenvalue weighted by Gasteiger charge is -2.33. The third-order valence-electron chi connectivity index (χ3n) is 5.00. The third kappa shape index (κ3) is 2.19. The number of rotatable bonds is 1. The number of hydrogen-bond acceptors (Lipinski definition) is 3. The predicted octanol–water partition coefficient (Wildman–Crippen LogP) is 6.75. The molecule has 0 radical (unpaired) electrons. The Hall–Kier alpha value is -2.43. The molecule has 26 heavy (non-hydrogen) atoms. The van der Waals surface area contributed by atoms with E-state index in [-0.39, 0.29) is 5.54 Å². The van der Waals surface area contributed by atoms with E-state index in [0.29, 0.717) is 0 Å². The molecule has 0 atom stereocenters. The highest BCUT2D eigenvalue weighted by molar-refractivity contribution is 7.71. The van der Waals surface area contributed by atoms with Gasteiger partial charge in [-0.3, -0.25) is 3.96 Å². The average Bonchev–Trinajstić information content (AvgIpc) is 3.00. The smallest absolute Gasteiger partial charge is 0.129 e. The van der Waals surface area contributed by atoms with Crippen LogP contribution in [0, 0.1) is 4.64 Å². The molecule has 0 saturated carbocycles. The molecule has 4 heteroatoms. The second-order valence-electron chi connectivity index (χ2n) is 7.19. The molecule has 0 fully saturated rings. The van der Waals surface area contributed by atoms with Crippen LogP contribution in [0.15, 0.2) is 66.7 Å². The van der Waals surface area contributed by atoms with Gasteiger partial charge in [0.1, 0.15) is 4.64 Å². The maximum atomic E-state index is 5.98. The lowest BCUT2D eigenvalue weighted by molar-refractivity contribution is 0.620. The standard InChI is InChI=1S/C22H18N2S2/c1-22(2)20-19(16-11-5-6-12-17(16)23-22)21(25)24(26-20)18-13-7-9-14-8-3-4-10-15(14)18/h3-13,23H,1-2H3. The SMILES string of the molecule is CC1(C)Nc2ccccc2-c2c1sn(-c1cccc3ccccc13)c2=S. The number of fused-ring (bicyclic) bond motifs is 4. The molecule has 0 bridgehead atoms. The molecule has 0 unspecified atom stereocenters. The Bertz CT molecular complexity index is 1210. The van der Waals surface area contributed by atoms with Gasteiger partial charge in [-0.15, -0.1) is 0 Å². The van der Waals surface area contributed by atoms with Gasteiger partial charge in [0.2, 0.25) is 0 Å². The van der Waals surface area contributed by atoms with Crippen LogP contribution in [-0.4, -0.2) is 3.96 Å². The number of para-hydroxylation sites is 1. The summed E-state index contributed by atoms with van der Waals surface area (Å²) >= 11 is 7.73. The van der Waals surface area contributed by atoms with E-state index in [4.69, 9.17) is 12.2 Å². The highest BCUT2D eigenvalue weighted by atomic mass is 32.1. The largest absolute Gasteiger partial charge is 0.375 e. The highest BCUT2D eigenvalue weighted by Crippen LogP contribution is 2.47. The van der Waals surface area contributed by atoms with Gasteiger partial charge in [-0.1, -0.05) is 78.3 Å². The van der Waals surface area contributed by atoms with E-state index in [9.17, 15) is 0 Å². The van der Waals surface area contributed by atoms with Crippen molar-refractivity contribution in [3.63, 3.8) is 0 Å². The maximum Gasteiger partial charge on any atom is 0.129 e. The van der Waals surface area contributed by atoms with Crippen LogP contribution in [0.4, 0.5) is 5.69 Å². The van der Waals surface area contributed by atoms with Crippen LogP contribution in [0.2, 0.25) is 0 Å². The lowest BCUT2D eigenvalue weighted by atomic mass is 9.90. The van der Waals surface area contributed by atoms with Crippen LogP contribution in [0.3, 0.4) is 0 Å². The summed E-state index contributed by atoms with van der Waals surface area (Å²) in [6.07, 6.45) is 0. The number of nitrogens with zero attached hydrogens (tertiary/aromatic N) is 1. The molecule has 0 amide bonds. The Balaban J connectivity index is 1.85. The van der Waals surface area contributed by atoms with Crippen LogP contribution >= 0.6 is 23.8 Å². The van der Waals surface area contributed by atoms with Gasteiger partial charge in [0.15, 0.2) is 0 Å². The van der Waals surface area contributed by atoms with Gasteiger partial charge in [0, 0.05) is 22.2 Å². The molecule has 128 valence electrons. The van der Waals surface area contributed by atoms with E-state index in [1.165, 1.54) is 26.8 Å². The molecule has 2 nitrogen and oxygen atoms in total. The maximum absolute atomic E-state index is 5.98. The van der Waals surface area contributed by atoms with Crippen molar-refractivity contribution in [3.8, 4) is 16.8 Å². The number of benzene rings is 3. The number of aromatic nitrogens is 1. The summed E-state index contributed by atoms with van der Waals surface area (Å²) in [7, 11) is 0. The van der Waals surface area contributed by atoms with Crippen molar-refractivity contribution in [2.45, 2.75) is 19.4 Å². The van der Waals surface area contributed by atoms with Crippen LogP contribution < -0.4 is 5.32 Å². The number of anilines is 1. The van der Waals surface area contributed by atoms with Gasteiger partial charge in [-0.25, -0.2) is 0 Å². The monoisotopic (exact) mass is 374 g/mol. The Kier molecular flexibility index (Phi) is 3.36. The first-order valence-electron chi connectivity index (χ1n) is 8.69. The van der Waals surface area contributed by atoms with E-state index >= 15 is 0 Å². The van der Waals surface area contributed by atoms with E-state index in [1.54, 1.807) is 11.5 Å². The molecule has 1 aliphatic rings. The second-order valence-corrected chi connectivity index (χ2v) is 8.53. The normalized spacial score (nSPS) is 14.5. The molecule has 5 rings (SSSR count). The summed E-state index contributed by atoms with van der Waals surface area (Å²) in [5, 5.41) is 6.13. The molecular formula is C22H18N2S2. The van der Waals surface area contributed by atoms with E-state index < -0.39 is 0 Å². The predicted molar refractivity (Wildman–Crippen MR) is 114 cm³/mol. The summed E-state index contributed by atoms with van der Waals surface area (Å²) in [5.74, 6) is 0.